The van der Waals surface area contributed by atoms with E-state index in [-0.39, 0.29) is 36.4 Å². The van der Waals surface area contributed by atoms with Gasteiger partial charge in [0.25, 0.3) is 0 Å². The van der Waals surface area contributed by atoms with E-state index < -0.39 is 11.9 Å². The summed E-state index contributed by atoms with van der Waals surface area (Å²) in [4.78, 5) is 23.2. The van der Waals surface area contributed by atoms with Crippen LogP contribution in [0.1, 0.15) is 18.4 Å². The minimum Gasteiger partial charge on any atom is -0.504 e. The molecular formula is C14H19N3O4. The number of nitrogens with two attached hydrogens (primary N) is 1. The largest absolute Gasteiger partial charge is 0.504 e. The Bertz CT molecular complexity index is 543. The van der Waals surface area contributed by atoms with Crippen LogP contribution in [0, 0.1) is 0 Å². The highest BCUT2D eigenvalue weighted by molar-refractivity contribution is 5.87. The zero-order valence-corrected chi connectivity index (χ0v) is 11.5. The van der Waals surface area contributed by atoms with Gasteiger partial charge in [0.1, 0.15) is 0 Å². The number of carbonyl (C=O) groups excluding carboxylic acids is 2. The highest BCUT2D eigenvalue weighted by Gasteiger charge is 2.23. The second-order valence-corrected chi connectivity index (χ2v) is 5.19. The second-order valence-electron chi connectivity index (χ2n) is 5.19. The van der Waals surface area contributed by atoms with E-state index in [9.17, 15) is 19.8 Å². The third-order valence-corrected chi connectivity index (χ3v) is 3.20. The normalized spacial score (nSPS) is 15.3. The van der Waals surface area contributed by atoms with E-state index in [4.69, 9.17) is 5.73 Å². The number of hydrogen-bond donors (Lipinski definition) is 5. The lowest BCUT2D eigenvalue weighted by molar-refractivity contribution is -0.126. The van der Waals surface area contributed by atoms with Crippen LogP contribution < -0.4 is 16.4 Å². The fraction of sp³-hybridized carbons (Fsp3) is 0.429. The molecule has 0 saturated heterocycles. The van der Waals surface area contributed by atoms with Gasteiger partial charge in [0, 0.05) is 6.04 Å². The zero-order chi connectivity index (χ0) is 15.4. The van der Waals surface area contributed by atoms with E-state index >= 15 is 0 Å². The maximum Gasteiger partial charge on any atom is 0.239 e. The molecule has 1 aromatic rings. The molecule has 0 aliphatic heterocycles. The molecule has 1 saturated carbocycles. The molecule has 6 N–H and O–H groups in total. The first-order chi connectivity index (χ1) is 9.95. The third kappa shape index (κ3) is 4.64. The molecule has 0 aromatic heterocycles. The molecule has 7 nitrogen and oxygen atoms in total. The average Bonchev–Trinajstić information content (AvgIpc) is 3.24. The Morgan fingerprint density at radius 1 is 1.29 bits per heavy atom. The fourth-order valence-corrected chi connectivity index (χ4v) is 1.85. The smallest absolute Gasteiger partial charge is 0.239 e. The molecule has 1 fully saturated rings. The topological polar surface area (TPSA) is 125 Å². The van der Waals surface area contributed by atoms with E-state index in [1.807, 2.05) is 0 Å². The molecule has 0 heterocycles. The molecule has 1 aromatic carbocycles. The van der Waals surface area contributed by atoms with Crippen molar-refractivity contribution in [3.05, 3.63) is 23.8 Å². The lowest BCUT2D eigenvalue weighted by Crippen LogP contribution is -2.46. The van der Waals surface area contributed by atoms with Gasteiger partial charge in [-0.2, -0.15) is 0 Å². The van der Waals surface area contributed by atoms with Crippen molar-refractivity contribution >= 4 is 11.8 Å². The van der Waals surface area contributed by atoms with Crippen molar-refractivity contribution in [3.8, 4) is 11.5 Å². The summed E-state index contributed by atoms with van der Waals surface area (Å²) in [6.07, 6.45) is 2.18. The average molecular weight is 293 g/mol. The first-order valence-corrected chi connectivity index (χ1v) is 6.79. The molecule has 2 amide bonds. The monoisotopic (exact) mass is 293 g/mol. The van der Waals surface area contributed by atoms with Crippen LogP contribution in [0.15, 0.2) is 18.2 Å². The summed E-state index contributed by atoms with van der Waals surface area (Å²) in [5, 5.41) is 23.8. The SMILES string of the molecule is N[C@@H](Cc1ccc(O)c(O)c1)C(=O)NCC(=O)NC1CC1. The number of hydrogen-bond acceptors (Lipinski definition) is 5. The molecule has 0 unspecified atom stereocenters. The van der Waals surface area contributed by atoms with Crippen LogP contribution in [0.2, 0.25) is 0 Å². The molecule has 1 aliphatic rings. The van der Waals surface area contributed by atoms with Crippen LogP contribution in [0.4, 0.5) is 0 Å². The molecule has 1 atom stereocenters. The molecule has 0 spiro atoms. The van der Waals surface area contributed by atoms with Gasteiger partial charge in [0.2, 0.25) is 11.8 Å². The minimum absolute atomic E-state index is 0.0934. The lowest BCUT2D eigenvalue weighted by atomic mass is 10.1. The number of amides is 2. The predicted octanol–water partition coefficient (Wildman–Crippen LogP) is -0.638. The summed E-state index contributed by atoms with van der Waals surface area (Å²) in [5.41, 5.74) is 6.37. The van der Waals surface area contributed by atoms with Crippen molar-refractivity contribution in [1.82, 2.24) is 10.6 Å². The van der Waals surface area contributed by atoms with Crippen LogP contribution >= 0.6 is 0 Å². The highest BCUT2D eigenvalue weighted by Crippen LogP contribution is 2.25. The summed E-state index contributed by atoms with van der Waals surface area (Å²) in [6, 6.07) is 3.67. The Hall–Kier alpha value is -2.28. The number of benzene rings is 1. The van der Waals surface area contributed by atoms with Gasteiger partial charge in [0.15, 0.2) is 11.5 Å². The third-order valence-electron chi connectivity index (χ3n) is 3.20. The molecule has 0 bridgehead atoms. The first-order valence-electron chi connectivity index (χ1n) is 6.79. The first kappa shape index (κ1) is 15.1. The van der Waals surface area contributed by atoms with E-state index in [1.165, 1.54) is 12.1 Å². The second kappa shape index (κ2) is 6.45. The summed E-state index contributed by atoms with van der Waals surface area (Å²) >= 11 is 0. The Balaban J connectivity index is 1.78. The molecule has 7 heteroatoms. The molecular weight excluding hydrogens is 274 g/mol. The van der Waals surface area contributed by atoms with Gasteiger partial charge in [-0.1, -0.05) is 6.07 Å². The van der Waals surface area contributed by atoms with Gasteiger partial charge in [-0.05, 0) is 37.0 Å². The summed E-state index contributed by atoms with van der Waals surface area (Å²) < 4.78 is 0. The highest BCUT2D eigenvalue weighted by atomic mass is 16.3. The van der Waals surface area contributed by atoms with Crippen LogP contribution in [0.3, 0.4) is 0 Å². The lowest BCUT2D eigenvalue weighted by Gasteiger charge is -2.12. The van der Waals surface area contributed by atoms with Crippen LogP contribution in [0.5, 0.6) is 11.5 Å². The van der Waals surface area contributed by atoms with Gasteiger partial charge in [-0.15, -0.1) is 0 Å². The number of carbonyl (C=O) groups is 2. The number of rotatable bonds is 6. The van der Waals surface area contributed by atoms with E-state index in [1.54, 1.807) is 6.07 Å². The van der Waals surface area contributed by atoms with Crippen molar-refractivity contribution in [2.24, 2.45) is 5.73 Å². The minimum atomic E-state index is -0.831. The van der Waals surface area contributed by atoms with Gasteiger partial charge in [-0.25, -0.2) is 0 Å². The molecule has 21 heavy (non-hydrogen) atoms. The molecule has 2 rings (SSSR count). The van der Waals surface area contributed by atoms with Gasteiger partial charge in [-0.3, -0.25) is 9.59 Å². The maximum atomic E-state index is 11.8. The van der Waals surface area contributed by atoms with Crippen molar-refractivity contribution in [1.29, 1.82) is 0 Å². The Morgan fingerprint density at radius 2 is 2.00 bits per heavy atom. The predicted molar refractivity (Wildman–Crippen MR) is 75.6 cm³/mol. The van der Waals surface area contributed by atoms with Crippen LogP contribution in [-0.2, 0) is 16.0 Å². The van der Waals surface area contributed by atoms with Gasteiger partial charge >= 0.3 is 0 Å². The van der Waals surface area contributed by atoms with E-state index in [2.05, 4.69) is 10.6 Å². The Morgan fingerprint density at radius 3 is 2.62 bits per heavy atom. The Kier molecular flexibility index (Phi) is 4.64. The number of nitrogens with one attached hydrogen (secondary N) is 2. The van der Waals surface area contributed by atoms with Crippen molar-refractivity contribution in [3.63, 3.8) is 0 Å². The summed E-state index contributed by atoms with van der Waals surface area (Å²) in [7, 11) is 0. The standard InChI is InChI=1S/C14H19N3O4/c15-10(5-8-1-4-11(18)12(19)6-8)14(21)16-7-13(20)17-9-2-3-9/h1,4,6,9-10,18-19H,2-3,5,7,15H2,(H,16,21)(H,17,20)/t10-/m0/s1. The van der Waals surface area contributed by atoms with E-state index in [0.717, 1.165) is 12.8 Å². The van der Waals surface area contributed by atoms with Crippen LogP contribution in [-0.4, -0.2) is 40.7 Å². The summed E-state index contributed by atoms with van der Waals surface area (Å²) in [6.45, 7) is -0.0934. The van der Waals surface area contributed by atoms with Gasteiger partial charge in [0.05, 0.1) is 12.6 Å². The number of aromatic hydroxyl groups is 2. The van der Waals surface area contributed by atoms with Crippen LogP contribution in [0.25, 0.3) is 0 Å². The summed E-state index contributed by atoms with van der Waals surface area (Å²) in [5.74, 6) is -1.15. The van der Waals surface area contributed by atoms with Gasteiger partial charge < -0.3 is 26.6 Å². The number of phenols is 2. The van der Waals surface area contributed by atoms with Crippen molar-refractivity contribution in [2.75, 3.05) is 6.54 Å². The molecule has 0 radical (unpaired) electrons. The number of phenolic OH excluding ortho intramolecular Hbond substituents is 2. The molecule has 1 aliphatic carbocycles. The zero-order valence-electron chi connectivity index (χ0n) is 11.5. The molecule has 114 valence electrons. The van der Waals surface area contributed by atoms with Crippen molar-refractivity contribution in [2.45, 2.75) is 31.3 Å². The Labute approximate surface area is 122 Å². The maximum absolute atomic E-state index is 11.8. The fourth-order valence-electron chi connectivity index (χ4n) is 1.85. The van der Waals surface area contributed by atoms with Crippen molar-refractivity contribution < 1.29 is 19.8 Å². The van der Waals surface area contributed by atoms with E-state index in [0.29, 0.717) is 5.56 Å². The quantitative estimate of drug-likeness (QED) is 0.446.